The molecular weight excluding hydrogens is 282 g/mol. The van der Waals surface area contributed by atoms with Crippen molar-refractivity contribution >= 4 is 23.9 Å². The number of carbonyl (C=O) groups is 1. The molecule has 0 aliphatic heterocycles. The third kappa shape index (κ3) is 5.39. The van der Waals surface area contributed by atoms with E-state index in [2.05, 4.69) is 34.6 Å². The normalized spacial score (nSPS) is 10.7. The maximum Gasteiger partial charge on any atom is 0.250 e. The van der Waals surface area contributed by atoms with Gasteiger partial charge >= 0.3 is 0 Å². The second-order valence-electron chi connectivity index (χ2n) is 4.49. The summed E-state index contributed by atoms with van der Waals surface area (Å²) < 4.78 is 0. The van der Waals surface area contributed by atoms with Gasteiger partial charge in [-0.15, -0.1) is 11.8 Å². The molecule has 2 rings (SSSR count). The smallest absolute Gasteiger partial charge is 0.250 e. The Balaban J connectivity index is 1.71. The third-order valence-electron chi connectivity index (χ3n) is 2.86. The molecule has 0 bridgehead atoms. The molecule has 0 aliphatic rings. The third-order valence-corrected chi connectivity index (χ3v) is 3.84. The van der Waals surface area contributed by atoms with Crippen molar-refractivity contribution in [1.82, 2.24) is 10.4 Å². The van der Waals surface area contributed by atoms with E-state index < -0.39 is 0 Å². The first kappa shape index (κ1) is 15.3. The lowest BCUT2D eigenvalue weighted by atomic mass is 10.1. The number of aromatic nitrogens is 1. The Labute approximate surface area is 128 Å². The topological polar surface area (TPSA) is 54.4 Å². The number of aryl methyl sites for hydroxylation is 1. The highest BCUT2D eigenvalue weighted by Crippen LogP contribution is 2.15. The number of nitrogens with one attached hydrogen (secondary N) is 1. The second-order valence-corrected chi connectivity index (χ2v) is 5.48. The van der Waals surface area contributed by atoms with Gasteiger partial charge < -0.3 is 0 Å². The first-order valence-electron chi connectivity index (χ1n) is 6.60. The number of benzene rings is 1. The fourth-order valence-electron chi connectivity index (χ4n) is 1.69. The molecule has 0 atom stereocenters. The number of hydrogen-bond acceptors (Lipinski definition) is 4. The van der Waals surface area contributed by atoms with Crippen LogP contribution in [0.5, 0.6) is 0 Å². The average molecular weight is 299 g/mol. The van der Waals surface area contributed by atoms with Gasteiger partial charge in [-0.3, -0.25) is 9.78 Å². The lowest BCUT2D eigenvalue weighted by Crippen LogP contribution is -2.19. The number of nitrogens with zero attached hydrogens (tertiary/aromatic N) is 2. The maximum atomic E-state index is 11.7. The highest BCUT2D eigenvalue weighted by molar-refractivity contribution is 7.99. The van der Waals surface area contributed by atoms with Gasteiger partial charge in [0.2, 0.25) is 5.91 Å². The van der Waals surface area contributed by atoms with E-state index in [9.17, 15) is 4.79 Å². The molecule has 0 saturated carbocycles. The van der Waals surface area contributed by atoms with Crippen LogP contribution in [0.1, 0.15) is 16.7 Å². The molecule has 1 N–H and O–H groups in total. The van der Waals surface area contributed by atoms with Crippen molar-refractivity contribution in [1.29, 1.82) is 0 Å². The van der Waals surface area contributed by atoms with Crippen molar-refractivity contribution in [3.8, 4) is 0 Å². The van der Waals surface area contributed by atoms with Crippen LogP contribution in [0.2, 0.25) is 0 Å². The molecule has 1 aromatic carbocycles. The van der Waals surface area contributed by atoms with Crippen molar-refractivity contribution in [2.24, 2.45) is 5.10 Å². The predicted octanol–water partition coefficient (Wildman–Crippen LogP) is 2.77. The van der Waals surface area contributed by atoms with Gasteiger partial charge in [-0.2, -0.15) is 5.10 Å². The Morgan fingerprint density at radius 3 is 2.81 bits per heavy atom. The molecule has 0 spiro atoms. The molecule has 0 fully saturated rings. The minimum absolute atomic E-state index is 0.0982. The largest absolute Gasteiger partial charge is 0.272 e. The van der Waals surface area contributed by atoms with E-state index in [1.54, 1.807) is 30.4 Å². The second kappa shape index (κ2) is 8.21. The Bertz CT molecular complexity index is 614. The molecule has 21 heavy (non-hydrogen) atoms. The predicted molar refractivity (Wildman–Crippen MR) is 87.3 cm³/mol. The molecule has 0 unspecified atom stereocenters. The molecule has 0 aliphatic carbocycles. The number of carbonyl (C=O) groups excluding carboxylic acids is 1. The van der Waals surface area contributed by atoms with E-state index in [0.717, 1.165) is 11.3 Å². The molecule has 2 aromatic rings. The maximum absolute atomic E-state index is 11.7. The Hall–Kier alpha value is -2.14. The fraction of sp³-hybridized carbons (Fsp3) is 0.188. The van der Waals surface area contributed by atoms with Crippen LogP contribution >= 0.6 is 11.8 Å². The standard InChI is InChI=1S/C16H17N3OS/c1-13-4-2-3-5-15(13)11-21-12-16(20)19-18-10-14-6-8-17-9-7-14/h2-10H,11-12H2,1H3,(H,19,20)/b18-10-. The molecule has 1 aromatic heterocycles. The first-order valence-corrected chi connectivity index (χ1v) is 7.75. The van der Waals surface area contributed by atoms with Crippen molar-refractivity contribution in [3.05, 3.63) is 65.5 Å². The molecule has 0 radical (unpaired) electrons. The van der Waals surface area contributed by atoms with Crippen LogP contribution in [-0.4, -0.2) is 22.9 Å². The molecule has 1 heterocycles. The molecule has 108 valence electrons. The molecule has 1 amide bonds. The monoisotopic (exact) mass is 299 g/mol. The van der Waals surface area contributed by atoms with Crippen LogP contribution in [0.4, 0.5) is 0 Å². The highest BCUT2D eigenvalue weighted by atomic mass is 32.2. The van der Waals surface area contributed by atoms with Gasteiger partial charge in [0.05, 0.1) is 12.0 Å². The number of pyridine rings is 1. The SMILES string of the molecule is Cc1ccccc1CSCC(=O)N/N=C\c1ccncc1. The Morgan fingerprint density at radius 2 is 2.05 bits per heavy atom. The summed E-state index contributed by atoms with van der Waals surface area (Å²) in [7, 11) is 0. The summed E-state index contributed by atoms with van der Waals surface area (Å²) in [6.07, 6.45) is 4.97. The zero-order chi connectivity index (χ0) is 14.9. The van der Waals surface area contributed by atoms with Crippen LogP contribution in [0.15, 0.2) is 53.9 Å². The molecule has 0 saturated heterocycles. The van der Waals surface area contributed by atoms with Crippen molar-refractivity contribution < 1.29 is 4.79 Å². The van der Waals surface area contributed by atoms with Gasteiger partial charge in [0.25, 0.3) is 0 Å². The number of amides is 1. The Kier molecular flexibility index (Phi) is 5.97. The lowest BCUT2D eigenvalue weighted by Gasteiger charge is -2.04. The van der Waals surface area contributed by atoms with Gasteiger partial charge in [-0.25, -0.2) is 5.43 Å². The van der Waals surface area contributed by atoms with Gasteiger partial charge in [-0.05, 0) is 35.7 Å². The Morgan fingerprint density at radius 1 is 1.29 bits per heavy atom. The number of hydrazone groups is 1. The van der Waals surface area contributed by atoms with Gasteiger partial charge in [0, 0.05) is 18.1 Å². The van der Waals surface area contributed by atoms with Gasteiger partial charge in [0.15, 0.2) is 0 Å². The van der Waals surface area contributed by atoms with Crippen LogP contribution in [0, 0.1) is 6.92 Å². The first-order chi connectivity index (χ1) is 10.3. The van der Waals surface area contributed by atoms with E-state index in [-0.39, 0.29) is 5.91 Å². The van der Waals surface area contributed by atoms with Crippen LogP contribution in [-0.2, 0) is 10.5 Å². The lowest BCUT2D eigenvalue weighted by molar-refractivity contribution is -0.118. The summed E-state index contributed by atoms with van der Waals surface area (Å²) in [6, 6.07) is 11.8. The van der Waals surface area contributed by atoms with Crippen molar-refractivity contribution in [2.75, 3.05) is 5.75 Å². The zero-order valence-electron chi connectivity index (χ0n) is 11.8. The van der Waals surface area contributed by atoms with Crippen molar-refractivity contribution in [3.63, 3.8) is 0 Å². The van der Waals surface area contributed by atoms with Gasteiger partial charge in [-0.1, -0.05) is 24.3 Å². The van der Waals surface area contributed by atoms with Crippen molar-refractivity contribution in [2.45, 2.75) is 12.7 Å². The average Bonchev–Trinajstić information content (AvgIpc) is 2.50. The highest BCUT2D eigenvalue weighted by Gasteiger charge is 2.02. The van der Waals surface area contributed by atoms with Crippen LogP contribution in [0.25, 0.3) is 0 Å². The minimum Gasteiger partial charge on any atom is -0.272 e. The molecular formula is C16H17N3OS. The zero-order valence-corrected chi connectivity index (χ0v) is 12.6. The van der Waals surface area contributed by atoms with Crippen LogP contribution < -0.4 is 5.43 Å². The number of rotatable bonds is 6. The fourth-order valence-corrected chi connectivity index (χ4v) is 2.58. The summed E-state index contributed by atoms with van der Waals surface area (Å²) in [5.74, 6) is 1.12. The molecule has 5 heteroatoms. The summed E-state index contributed by atoms with van der Waals surface area (Å²) >= 11 is 1.58. The van der Waals surface area contributed by atoms with Gasteiger partial charge in [0.1, 0.15) is 0 Å². The van der Waals surface area contributed by atoms with E-state index in [0.29, 0.717) is 5.75 Å². The summed E-state index contributed by atoms with van der Waals surface area (Å²) in [4.78, 5) is 15.6. The summed E-state index contributed by atoms with van der Waals surface area (Å²) in [5.41, 5.74) is 5.93. The minimum atomic E-state index is -0.0982. The number of thioether (sulfide) groups is 1. The van der Waals surface area contributed by atoms with E-state index in [1.807, 2.05) is 24.3 Å². The van der Waals surface area contributed by atoms with E-state index >= 15 is 0 Å². The molecule has 4 nitrogen and oxygen atoms in total. The summed E-state index contributed by atoms with van der Waals surface area (Å²) in [5, 5.41) is 3.92. The van der Waals surface area contributed by atoms with E-state index in [1.165, 1.54) is 11.1 Å². The summed E-state index contributed by atoms with van der Waals surface area (Å²) in [6.45, 7) is 2.08. The van der Waals surface area contributed by atoms with Crippen LogP contribution in [0.3, 0.4) is 0 Å². The van der Waals surface area contributed by atoms with E-state index in [4.69, 9.17) is 0 Å². The number of hydrogen-bond donors (Lipinski definition) is 1. The quantitative estimate of drug-likeness (QED) is 0.659.